The number of benzene rings is 2. The van der Waals surface area contributed by atoms with Crippen LogP contribution in [0, 0.1) is 0 Å². The number of unbranched alkanes of at least 4 members (excludes halogenated alkanes) is 12. The number of ether oxygens (including phenoxy) is 4. The van der Waals surface area contributed by atoms with Crippen LogP contribution in [0.1, 0.15) is 120 Å². The van der Waals surface area contributed by atoms with Gasteiger partial charge in [0.25, 0.3) is 0 Å². The Morgan fingerprint density at radius 2 is 1.38 bits per heavy atom. The van der Waals surface area contributed by atoms with Crippen molar-refractivity contribution in [2.75, 3.05) is 31.7 Å². The minimum atomic E-state index is -0.551. The first-order valence-corrected chi connectivity index (χ1v) is 17.3. The zero-order chi connectivity index (χ0) is 32.5. The van der Waals surface area contributed by atoms with E-state index in [0.29, 0.717) is 22.9 Å². The van der Waals surface area contributed by atoms with Crippen molar-refractivity contribution in [3.05, 3.63) is 70.6 Å². The number of hydrogen-bond acceptors (Lipinski definition) is 7. The molecular formula is C37H54ClNO6. The molecule has 0 saturated heterocycles. The molecule has 8 heteroatoms. The van der Waals surface area contributed by atoms with Crippen LogP contribution in [0.2, 0.25) is 5.02 Å². The molecule has 0 radical (unpaired) electrons. The Morgan fingerprint density at radius 3 is 2.02 bits per heavy atom. The van der Waals surface area contributed by atoms with E-state index in [1.165, 1.54) is 95.1 Å². The Balaban J connectivity index is 1.67. The summed E-state index contributed by atoms with van der Waals surface area (Å²) in [7, 11) is 0. The van der Waals surface area contributed by atoms with Crippen molar-refractivity contribution in [1.82, 2.24) is 0 Å². The number of halogens is 1. The molecule has 0 aliphatic carbocycles. The first-order valence-electron chi connectivity index (χ1n) is 16.9. The maximum atomic E-state index is 12.7. The highest BCUT2D eigenvalue weighted by atomic mass is 35.5. The minimum Gasteiger partial charge on any atom is -0.490 e. The van der Waals surface area contributed by atoms with E-state index >= 15 is 0 Å². The van der Waals surface area contributed by atoms with Gasteiger partial charge in [0.2, 0.25) is 0 Å². The molecule has 0 bridgehead atoms. The molecule has 0 unspecified atom stereocenters. The van der Waals surface area contributed by atoms with Gasteiger partial charge >= 0.3 is 11.9 Å². The Labute approximate surface area is 276 Å². The van der Waals surface area contributed by atoms with Crippen LogP contribution >= 0.6 is 11.6 Å². The average Bonchev–Trinajstić information content (AvgIpc) is 3.03. The van der Waals surface area contributed by atoms with Gasteiger partial charge in [-0.15, -0.1) is 0 Å². The molecule has 2 rings (SSSR count). The normalized spacial score (nSPS) is 11.2. The van der Waals surface area contributed by atoms with E-state index in [9.17, 15) is 9.59 Å². The summed E-state index contributed by atoms with van der Waals surface area (Å²) in [5.74, 6) is -0.131. The van der Waals surface area contributed by atoms with Gasteiger partial charge in [-0.25, -0.2) is 9.59 Å². The number of aryl methyl sites for hydroxylation is 1. The summed E-state index contributed by atoms with van der Waals surface area (Å²) in [5.41, 5.74) is 1.96. The third-order valence-corrected chi connectivity index (χ3v) is 7.68. The lowest BCUT2D eigenvalue weighted by atomic mass is 10.0. The lowest BCUT2D eigenvalue weighted by molar-refractivity contribution is -0.137. The lowest BCUT2D eigenvalue weighted by Gasteiger charge is -2.14. The summed E-state index contributed by atoms with van der Waals surface area (Å²) in [6.07, 6.45) is 19.8. The minimum absolute atomic E-state index is 0.0975. The van der Waals surface area contributed by atoms with Crippen molar-refractivity contribution in [3.63, 3.8) is 0 Å². The molecule has 0 spiro atoms. The van der Waals surface area contributed by atoms with Crippen molar-refractivity contribution < 1.29 is 28.5 Å². The first kappa shape index (κ1) is 38.0. The Hall–Kier alpha value is -3.19. The average molecular weight is 644 g/mol. The molecule has 0 amide bonds. The third-order valence-electron chi connectivity index (χ3n) is 7.35. The number of carbonyl (C=O) groups excluding carboxylic acids is 2. The fourth-order valence-corrected chi connectivity index (χ4v) is 5.12. The standard InChI is InChI=1S/C37H54ClNO6/c1-4-7-8-9-10-11-12-13-14-15-16-17-18-20-30-21-19-22-32(27-30)44-25-26-45-37(41)31-23-24-33(38)34(28-31)39-35(42-5-2)29-36(40)43-6-3/h19,21-24,27-29,39H,4-18,20,25-26H2,1-3H3. The fraction of sp³-hybridized carbons (Fsp3) is 0.568. The van der Waals surface area contributed by atoms with Gasteiger partial charge in [-0.1, -0.05) is 108 Å². The number of rotatable bonds is 25. The molecule has 2 aromatic carbocycles. The summed E-state index contributed by atoms with van der Waals surface area (Å²) in [6.45, 7) is 6.67. The van der Waals surface area contributed by atoms with E-state index < -0.39 is 11.9 Å². The highest BCUT2D eigenvalue weighted by Gasteiger charge is 2.13. The topological polar surface area (TPSA) is 83.1 Å². The molecule has 0 saturated carbocycles. The molecule has 0 aliphatic heterocycles. The molecule has 0 aromatic heterocycles. The van der Waals surface area contributed by atoms with Gasteiger partial charge in [-0.3, -0.25) is 0 Å². The molecule has 0 heterocycles. The molecule has 0 atom stereocenters. The number of hydrogen-bond donors (Lipinski definition) is 1. The highest BCUT2D eigenvalue weighted by molar-refractivity contribution is 6.33. The summed E-state index contributed by atoms with van der Waals surface area (Å²) in [6, 6.07) is 12.8. The van der Waals surface area contributed by atoms with Crippen LogP contribution < -0.4 is 10.1 Å². The van der Waals surface area contributed by atoms with Crippen LogP contribution in [0.3, 0.4) is 0 Å². The van der Waals surface area contributed by atoms with Crippen molar-refractivity contribution in [3.8, 4) is 5.75 Å². The van der Waals surface area contributed by atoms with Gasteiger partial charge in [0.15, 0.2) is 5.88 Å². The SMILES string of the molecule is CCCCCCCCCCCCCCCc1cccc(OCCOC(=O)c2ccc(Cl)c(NC(=CC(=O)OCC)OCC)c2)c1. The molecule has 2 aromatic rings. The predicted molar refractivity (Wildman–Crippen MR) is 183 cm³/mol. The Morgan fingerprint density at radius 1 is 0.733 bits per heavy atom. The van der Waals surface area contributed by atoms with Gasteiger partial charge < -0.3 is 24.3 Å². The van der Waals surface area contributed by atoms with Crippen LogP contribution in [0.4, 0.5) is 5.69 Å². The van der Waals surface area contributed by atoms with E-state index in [1.807, 2.05) is 12.1 Å². The maximum Gasteiger partial charge on any atom is 0.338 e. The lowest BCUT2D eigenvalue weighted by Crippen LogP contribution is -2.13. The summed E-state index contributed by atoms with van der Waals surface area (Å²) in [4.78, 5) is 24.5. The number of carbonyl (C=O) groups is 2. The fourth-order valence-electron chi connectivity index (χ4n) is 4.96. The Kier molecular flexibility index (Phi) is 20.3. The molecular weight excluding hydrogens is 590 g/mol. The van der Waals surface area contributed by atoms with Gasteiger partial charge in [-0.05, 0) is 62.6 Å². The number of esters is 2. The van der Waals surface area contributed by atoms with Crippen LogP contribution in [0.25, 0.3) is 0 Å². The summed E-state index contributed by atoms with van der Waals surface area (Å²) >= 11 is 6.31. The van der Waals surface area contributed by atoms with E-state index in [4.69, 9.17) is 30.5 Å². The van der Waals surface area contributed by atoms with Crippen molar-refractivity contribution in [1.29, 1.82) is 0 Å². The van der Waals surface area contributed by atoms with Crippen LogP contribution in [-0.2, 0) is 25.4 Å². The third kappa shape index (κ3) is 17.2. The van der Waals surface area contributed by atoms with E-state index in [-0.39, 0.29) is 25.7 Å². The van der Waals surface area contributed by atoms with Gasteiger partial charge in [0.1, 0.15) is 19.0 Å². The van der Waals surface area contributed by atoms with E-state index in [2.05, 4.69) is 24.4 Å². The van der Waals surface area contributed by atoms with Gasteiger partial charge in [0, 0.05) is 0 Å². The smallest absolute Gasteiger partial charge is 0.338 e. The molecule has 0 aliphatic rings. The summed E-state index contributed by atoms with van der Waals surface area (Å²) in [5, 5.41) is 3.29. The second-order valence-corrected chi connectivity index (χ2v) is 11.5. The number of nitrogens with one attached hydrogen (secondary N) is 1. The zero-order valence-electron chi connectivity index (χ0n) is 27.7. The van der Waals surface area contributed by atoms with Crippen molar-refractivity contribution in [2.45, 2.75) is 111 Å². The van der Waals surface area contributed by atoms with E-state index in [1.54, 1.807) is 32.0 Å². The largest absolute Gasteiger partial charge is 0.490 e. The quantitative estimate of drug-likeness (QED) is 0.0499. The molecule has 250 valence electrons. The first-order chi connectivity index (χ1) is 22.0. The monoisotopic (exact) mass is 643 g/mol. The maximum absolute atomic E-state index is 12.7. The second-order valence-electron chi connectivity index (χ2n) is 11.1. The zero-order valence-corrected chi connectivity index (χ0v) is 28.4. The number of anilines is 1. The Bertz CT molecular complexity index is 1150. The molecule has 0 fully saturated rings. The van der Waals surface area contributed by atoms with Gasteiger partial charge in [-0.2, -0.15) is 0 Å². The van der Waals surface area contributed by atoms with Gasteiger partial charge in [0.05, 0.1) is 35.6 Å². The highest BCUT2D eigenvalue weighted by Crippen LogP contribution is 2.25. The summed E-state index contributed by atoms with van der Waals surface area (Å²) < 4.78 is 21.7. The molecule has 45 heavy (non-hydrogen) atoms. The van der Waals surface area contributed by atoms with Crippen LogP contribution in [-0.4, -0.2) is 38.4 Å². The van der Waals surface area contributed by atoms with Crippen molar-refractivity contribution >= 4 is 29.2 Å². The predicted octanol–water partition coefficient (Wildman–Crippen LogP) is 10.1. The molecule has 1 N–H and O–H groups in total. The molecule has 7 nitrogen and oxygen atoms in total. The van der Waals surface area contributed by atoms with Crippen LogP contribution in [0.5, 0.6) is 5.75 Å². The van der Waals surface area contributed by atoms with Crippen molar-refractivity contribution in [2.24, 2.45) is 0 Å². The second kappa shape index (κ2) is 24.1. The van der Waals surface area contributed by atoms with E-state index in [0.717, 1.165) is 12.2 Å². The van der Waals surface area contributed by atoms with Crippen LogP contribution in [0.15, 0.2) is 54.4 Å².